The monoisotopic (exact) mass is 270 g/mol. The van der Waals surface area contributed by atoms with Crippen molar-refractivity contribution in [1.82, 2.24) is 9.38 Å². The molecular weight excluding hydrogens is 255 g/mol. The standard InChI is InChI=1S/C16H15FN2O/c1-12-2-7-16-18-15(11-19(16)10-12)13-3-5-14(6-4-13)20-9-8-17/h2-7,10-11H,8-9H2,1H3. The van der Waals surface area contributed by atoms with Gasteiger partial charge in [-0.15, -0.1) is 0 Å². The average molecular weight is 270 g/mol. The molecule has 0 bridgehead atoms. The van der Waals surface area contributed by atoms with Gasteiger partial charge in [0.2, 0.25) is 0 Å². The van der Waals surface area contributed by atoms with E-state index in [4.69, 9.17) is 4.74 Å². The Labute approximate surface area is 116 Å². The maximum atomic E-state index is 12.0. The van der Waals surface area contributed by atoms with Gasteiger partial charge in [-0.25, -0.2) is 9.37 Å². The lowest BCUT2D eigenvalue weighted by Gasteiger charge is -2.03. The molecule has 0 unspecified atom stereocenters. The second-order valence-electron chi connectivity index (χ2n) is 4.66. The van der Waals surface area contributed by atoms with Crippen LogP contribution in [-0.4, -0.2) is 22.7 Å². The van der Waals surface area contributed by atoms with Gasteiger partial charge in [-0.1, -0.05) is 6.07 Å². The summed E-state index contributed by atoms with van der Waals surface area (Å²) in [6.45, 7) is 1.66. The SMILES string of the molecule is Cc1ccc2nc(-c3ccc(OCCF)cc3)cn2c1. The van der Waals surface area contributed by atoms with Crippen molar-refractivity contribution < 1.29 is 9.13 Å². The largest absolute Gasteiger partial charge is 0.491 e. The van der Waals surface area contributed by atoms with E-state index in [1.165, 1.54) is 5.56 Å². The van der Waals surface area contributed by atoms with Crippen molar-refractivity contribution in [3.8, 4) is 17.0 Å². The smallest absolute Gasteiger partial charge is 0.137 e. The van der Waals surface area contributed by atoms with Crippen molar-refractivity contribution >= 4 is 5.65 Å². The molecule has 102 valence electrons. The minimum atomic E-state index is -0.479. The summed E-state index contributed by atoms with van der Waals surface area (Å²) in [6.07, 6.45) is 4.05. The van der Waals surface area contributed by atoms with Crippen LogP contribution in [0.5, 0.6) is 5.75 Å². The summed E-state index contributed by atoms with van der Waals surface area (Å²) < 4.78 is 19.3. The summed E-state index contributed by atoms with van der Waals surface area (Å²) in [5.74, 6) is 0.672. The summed E-state index contributed by atoms with van der Waals surface area (Å²) in [5, 5.41) is 0. The first-order valence-corrected chi connectivity index (χ1v) is 6.51. The summed E-state index contributed by atoms with van der Waals surface area (Å²) in [7, 11) is 0. The Morgan fingerprint density at radius 2 is 1.90 bits per heavy atom. The fourth-order valence-electron chi connectivity index (χ4n) is 2.12. The Balaban J connectivity index is 1.90. The Bertz CT molecular complexity index is 719. The topological polar surface area (TPSA) is 26.5 Å². The fraction of sp³-hybridized carbons (Fsp3) is 0.188. The zero-order chi connectivity index (χ0) is 13.9. The van der Waals surface area contributed by atoms with Crippen LogP contribution in [0.1, 0.15) is 5.56 Å². The molecule has 4 heteroatoms. The van der Waals surface area contributed by atoms with Crippen LogP contribution >= 0.6 is 0 Å². The molecule has 0 atom stereocenters. The molecule has 0 radical (unpaired) electrons. The molecule has 2 aromatic heterocycles. The van der Waals surface area contributed by atoms with Gasteiger partial charge in [0.25, 0.3) is 0 Å². The molecule has 1 aromatic carbocycles. The highest BCUT2D eigenvalue weighted by atomic mass is 19.1. The summed E-state index contributed by atoms with van der Waals surface area (Å²) in [6, 6.07) is 11.6. The lowest BCUT2D eigenvalue weighted by atomic mass is 10.2. The Morgan fingerprint density at radius 1 is 1.10 bits per heavy atom. The van der Waals surface area contributed by atoms with Crippen molar-refractivity contribution in [2.45, 2.75) is 6.92 Å². The number of aryl methyl sites for hydroxylation is 1. The molecule has 2 heterocycles. The molecule has 0 saturated carbocycles. The van der Waals surface area contributed by atoms with Crippen molar-refractivity contribution in [3.05, 3.63) is 54.4 Å². The minimum absolute atomic E-state index is 0.0903. The van der Waals surface area contributed by atoms with Crippen LogP contribution < -0.4 is 4.74 Å². The molecule has 3 aromatic rings. The zero-order valence-corrected chi connectivity index (χ0v) is 11.2. The van der Waals surface area contributed by atoms with E-state index in [2.05, 4.69) is 11.9 Å². The Kier molecular flexibility index (Phi) is 3.37. The van der Waals surface area contributed by atoms with Gasteiger partial charge in [-0.05, 0) is 42.8 Å². The Morgan fingerprint density at radius 3 is 2.65 bits per heavy atom. The highest BCUT2D eigenvalue weighted by molar-refractivity contribution is 5.63. The molecule has 3 rings (SSSR count). The molecular formula is C16H15FN2O. The van der Waals surface area contributed by atoms with E-state index < -0.39 is 6.67 Å². The molecule has 0 saturated heterocycles. The first kappa shape index (κ1) is 12.7. The van der Waals surface area contributed by atoms with E-state index in [9.17, 15) is 4.39 Å². The predicted octanol–water partition coefficient (Wildman–Crippen LogP) is 3.66. The lowest BCUT2D eigenvalue weighted by Crippen LogP contribution is -1.98. The third kappa shape index (κ3) is 2.50. The number of nitrogens with zero attached hydrogens (tertiary/aromatic N) is 2. The third-order valence-electron chi connectivity index (χ3n) is 3.09. The minimum Gasteiger partial charge on any atom is -0.491 e. The van der Waals surface area contributed by atoms with Crippen LogP contribution in [0.3, 0.4) is 0 Å². The van der Waals surface area contributed by atoms with Crippen LogP contribution in [0.25, 0.3) is 16.9 Å². The number of alkyl halides is 1. The average Bonchev–Trinajstić information content (AvgIpc) is 2.88. The molecule has 0 aliphatic carbocycles. The molecule has 0 N–H and O–H groups in total. The molecule has 3 nitrogen and oxygen atoms in total. The molecule has 0 amide bonds. The quantitative estimate of drug-likeness (QED) is 0.723. The van der Waals surface area contributed by atoms with Gasteiger partial charge in [-0.2, -0.15) is 0 Å². The molecule has 0 aliphatic heterocycles. The Hall–Kier alpha value is -2.36. The van der Waals surface area contributed by atoms with E-state index in [0.717, 1.165) is 16.9 Å². The van der Waals surface area contributed by atoms with Gasteiger partial charge >= 0.3 is 0 Å². The third-order valence-corrected chi connectivity index (χ3v) is 3.09. The van der Waals surface area contributed by atoms with E-state index in [1.54, 1.807) is 0 Å². The molecule has 20 heavy (non-hydrogen) atoms. The first-order valence-electron chi connectivity index (χ1n) is 6.51. The number of hydrogen-bond acceptors (Lipinski definition) is 2. The van der Waals surface area contributed by atoms with E-state index in [1.807, 2.05) is 53.2 Å². The number of benzene rings is 1. The number of pyridine rings is 1. The number of fused-ring (bicyclic) bond motifs is 1. The van der Waals surface area contributed by atoms with Gasteiger partial charge in [0, 0.05) is 18.0 Å². The molecule has 0 spiro atoms. The molecule has 0 aliphatic rings. The van der Waals surface area contributed by atoms with Gasteiger partial charge < -0.3 is 9.14 Å². The number of halogens is 1. The lowest BCUT2D eigenvalue weighted by molar-refractivity contribution is 0.273. The normalized spacial score (nSPS) is 10.9. The van der Waals surface area contributed by atoms with Crippen LogP contribution in [-0.2, 0) is 0 Å². The fourth-order valence-corrected chi connectivity index (χ4v) is 2.12. The second kappa shape index (κ2) is 5.33. The summed E-state index contributed by atoms with van der Waals surface area (Å²) in [5.41, 5.74) is 4.03. The number of rotatable bonds is 4. The number of hydrogen-bond donors (Lipinski definition) is 0. The second-order valence-corrected chi connectivity index (χ2v) is 4.66. The van der Waals surface area contributed by atoms with Crippen molar-refractivity contribution in [3.63, 3.8) is 0 Å². The molecule has 0 fully saturated rings. The van der Waals surface area contributed by atoms with E-state index in [-0.39, 0.29) is 6.61 Å². The first-order chi connectivity index (χ1) is 9.76. The van der Waals surface area contributed by atoms with E-state index in [0.29, 0.717) is 5.75 Å². The zero-order valence-electron chi connectivity index (χ0n) is 11.2. The number of imidazole rings is 1. The van der Waals surface area contributed by atoms with Crippen LogP contribution in [0, 0.1) is 6.92 Å². The van der Waals surface area contributed by atoms with Gasteiger partial charge in [0.15, 0.2) is 0 Å². The van der Waals surface area contributed by atoms with Crippen molar-refractivity contribution in [1.29, 1.82) is 0 Å². The summed E-state index contributed by atoms with van der Waals surface area (Å²) in [4.78, 5) is 4.58. The maximum absolute atomic E-state index is 12.0. The highest BCUT2D eigenvalue weighted by Gasteiger charge is 2.04. The highest BCUT2D eigenvalue weighted by Crippen LogP contribution is 2.22. The van der Waals surface area contributed by atoms with E-state index >= 15 is 0 Å². The number of aromatic nitrogens is 2. The number of ether oxygens (including phenoxy) is 1. The van der Waals surface area contributed by atoms with Gasteiger partial charge in [-0.3, -0.25) is 0 Å². The maximum Gasteiger partial charge on any atom is 0.137 e. The van der Waals surface area contributed by atoms with Crippen molar-refractivity contribution in [2.24, 2.45) is 0 Å². The van der Waals surface area contributed by atoms with Crippen LogP contribution in [0.15, 0.2) is 48.8 Å². The van der Waals surface area contributed by atoms with Crippen LogP contribution in [0.2, 0.25) is 0 Å². The predicted molar refractivity (Wildman–Crippen MR) is 76.8 cm³/mol. The van der Waals surface area contributed by atoms with Crippen LogP contribution in [0.4, 0.5) is 4.39 Å². The van der Waals surface area contributed by atoms with Crippen molar-refractivity contribution in [2.75, 3.05) is 13.3 Å². The van der Waals surface area contributed by atoms with Gasteiger partial charge in [0.05, 0.1) is 5.69 Å². The van der Waals surface area contributed by atoms with Gasteiger partial charge in [0.1, 0.15) is 24.7 Å². The summed E-state index contributed by atoms with van der Waals surface area (Å²) >= 11 is 0.